The summed E-state index contributed by atoms with van der Waals surface area (Å²) < 4.78 is 43.9. The molecule has 1 saturated heterocycles. The predicted molar refractivity (Wildman–Crippen MR) is 72.1 cm³/mol. The Bertz CT molecular complexity index is 571. The highest BCUT2D eigenvalue weighted by Crippen LogP contribution is 2.33. The first kappa shape index (κ1) is 16.3. The van der Waals surface area contributed by atoms with Crippen LogP contribution in [-0.4, -0.2) is 36.0 Å². The van der Waals surface area contributed by atoms with Gasteiger partial charge < -0.3 is 9.64 Å². The number of halogens is 3. The average Bonchev–Trinajstić information content (AvgIpc) is 2.95. The summed E-state index contributed by atoms with van der Waals surface area (Å²) in [5, 5.41) is 0. The first-order chi connectivity index (χ1) is 10.4. The maximum atomic E-state index is 13.0. The number of benzene rings is 1. The Kier molecular flexibility index (Phi) is 4.73. The molecule has 1 unspecified atom stereocenters. The first-order valence-corrected chi connectivity index (χ1v) is 7.00. The highest BCUT2D eigenvalue weighted by atomic mass is 19.4. The van der Waals surface area contributed by atoms with E-state index in [1.807, 2.05) is 0 Å². The average molecular weight is 315 g/mol. The van der Waals surface area contributed by atoms with E-state index in [0.29, 0.717) is 12.8 Å². The van der Waals surface area contributed by atoms with Crippen LogP contribution in [0.3, 0.4) is 0 Å². The molecule has 1 aliphatic rings. The van der Waals surface area contributed by atoms with Crippen molar-refractivity contribution < 1.29 is 27.5 Å². The zero-order valence-electron chi connectivity index (χ0n) is 12.0. The van der Waals surface area contributed by atoms with Gasteiger partial charge in [0.05, 0.1) is 17.7 Å². The second-order valence-corrected chi connectivity index (χ2v) is 4.95. The number of rotatable bonds is 3. The molecule has 0 aliphatic carbocycles. The molecule has 1 aromatic rings. The number of amides is 1. The molecule has 1 aliphatic heterocycles. The van der Waals surface area contributed by atoms with E-state index in [1.165, 1.54) is 17.0 Å². The van der Waals surface area contributed by atoms with Gasteiger partial charge in [-0.1, -0.05) is 12.1 Å². The standard InChI is InChI=1S/C15H16F3NO3/c1-2-22-14(21)12-8-5-9-19(12)13(20)10-6-3-4-7-11(10)15(16,17)18/h3-4,6-7,12H,2,5,8-9H2,1H3. The SMILES string of the molecule is CCOC(=O)C1CCCN1C(=O)c1ccccc1C(F)(F)F. The highest BCUT2D eigenvalue weighted by molar-refractivity contribution is 5.98. The van der Waals surface area contributed by atoms with Gasteiger partial charge in [-0.2, -0.15) is 13.2 Å². The van der Waals surface area contributed by atoms with Crippen LogP contribution in [0.25, 0.3) is 0 Å². The van der Waals surface area contributed by atoms with Crippen molar-refractivity contribution in [2.75, 3.05) is 13.2 Å². The van der Waals surface area contributed by atoms with E-state index < -0.39 is 35.2 Å². The molecule has 22 heavy (non-hydrogen) atoms. The van der Waals surface area contributed by atoms with Crippen molar-refractivity contribution in [1.82, 2.24) is 4.90 Å². The van der Waals surface area contributed by atoms with E-state index in [9.17, 15) is 22.8 Å². The summed E-state index contributed by atoms with van der Waals surface area (Å²) in [7, 11) is 0. The van der Waals surface area contributed by atoms with Crippen LogP contribution in [0.1, 0.15) is 35.7 Å². The number of hydrogen-bond acceptors (Lipinski definition) is 3. The number of ether oxygens (including phenoxy) is 1. The van der Waals surface area contributed by atoms with Crippen molar-refractivity contribution in [2.45, 2.75) is 32.0 Å². The molecular formula is C15H16F3NO3. The summed E-state index contributed by atoms with van der Waals surface area (Å²) in [5.41, 5.74) is -1.43. The minimum Gasteiger partial charge on any atom is -0.464 e. The van der Waals surface area contributed by atoms with E-state index in [4.69, 9.17) is 4.74 Å². The van der Waals surface area contributed by atoms with Gasteiger partial charge in [0.1, 0.15) is 6.04 Å². The fraction of sp³-hybridized carbons (Fsp3) is 0.467. The number of hydrogen-bond donors (Lipinski definition) is 0. The normalized spacial score (nSPS) is 18.4. The third kappa shape index (κ3) is 3.23. The third-order valence-electron chi connectivity index (χ3n) is 3.54. The molecule has 0 N–H and O–H groups in total. The molecule has 1 aromatic carbocycles. The van der Waals surface area contributed by atoms with Crippen LogP contribution in [0.15, 0.2) is 24.3 Å². The maximum Gasteiger partial charge on any atom is 0.417 e. The molecule has 0 saturated carbocycles. The smallest absolute Gasteiger partial charge is 0.417 e. The fourth-order valence-electron chi connectivity index (χ4n) is 2.56. The van der Waals surface area contributed by atoms with Crippen molar-refractivity contribution >= 4 is 11.9 Å². The fourth-order valence-corrected chi connectivity index (χ4v) is 2.56. The van der Waals surface area contributed by atoms with Crippen molar-refractivity contribution in [3.8, 4) is 0 Å². The van der Waals surface area contributed by atoms with Gasteiger partial charge in [0.15, 0.2) is 0 Å². The first-order valence-electron chi connectivity index (χ1n) is 7.00. The molecule has 0 aromatic heterocycles. The topological polar surface area (TPSA) is 46.6 Å². The lowest BCUT2D eigenvalue weighted by molar-refractivity contribution is -0.147. The molecule has 1 fully saturated rings. The molecule has 120 valence electrons. The minimum absolute atomic E-state index is 0.163. The molecule has 1 atom stereocenters. The van der Waals surface area contributed by atoms with Gasteiger partial charge in [-0.05, 0) is 31.9 Å². The molecule has 4 nitrogen and oxygen atoms in total. The second-order valence-electron chi connectivity index (χ2n) is 4.95. The van der Waals surface area contributed by atoms with E-state index >= 15 is 0 Å². The molecule has 0 spiro atoms. The van der Waals surface area contributed by atoms with Crippen LogP contribution in [0.4, 0.5) is 13.2 Å². The Hall–Kier alpha value is -2.05. The number of carbonyl (C=O) groups is 2. The summed E-state index contributed by atoms with van der Waals surface area (Å²) in [4.78, 5) is 25.5. The zero-order chi connectivity index (χ0) is 16.3. The van der Waals surface area contributed by atoms with E-state index in [2.05, 4.69) is 0 Å². The summed E-state index contributed by atoms with van der Waals surface area (Å²) in [6.45, 7) is 2.04. The lowest BCUT2D eigenvalue weighted by Gasteiger charge is -2.24. The largest absolute Gasteiger partial charge is 0.464 e. The molecule has 1 heterocycles. The Morgan fingerprint density at radius 3 is 2.64 bits per heavy atom. The van der Waals surface area contributed by atoms with Crippen LogP contribution < -0.4 is 0 Å². The summed E-state index contributed by atoms with van der Waals surface area (Å²) in [5.74, 6) is -1.36. The van der Waals surface area contributed by atoms with E-state index in [1.54, 1.807) is 6.92 Å². The zero-order valence-corrected chi connectivity index (χ0v) is 12.0. The van der Waals surface area contributed by atoms with E-state index in [0.717, 1.165) is 12.1 Å². The lowest BCUT2D eigenvalue weighted by atomic mass is 10.1. The molecule has 7 heteroatoms. The van der Waals surface area contributed by atoms with Crippen LogP contribution in [0.2, 0.25) is 0 Å². The molecule has 1 amide bonds. The molecule has 0 radical (unpaired) electrons. The maximum absolute atomic E-state index is 13.0. The van der Waals surface area contributed by atoms with Crippen molar-refractivity contribution in [3.63, 3.8) is 0 Å². The van der Waals surface area contributed by atoms with Gasteiger partial charge in [-0.3, -0.25) is 4.79 Å². The molecule has 2 rings (SSSR count). The van der Waals surface area contributed by atoms with Gasteiger partial charge >= 0.3 is 12.1 Å². The van der Waals surface area contributed by atoms with Gasteiger partial charge in [0.2, 0.25) is 0 Å². The van der Waals surface area contributed by atoms with Gasteiger partial charge in [-0.15, -0.1) is 0 Å². The Balaban J connectivity index is 2.30. The lowest BCUT2D eigenvalue weighted by Crippen LogP contribution is -2.42. The van der Waals surface area contributed by atoms with Gasteiger partial charge in [0.25, 0.3) is 5.91 Å². The second kappa shape index (κ2) is 6.37. The molecule has 0 bridgehead atoms. The number of nitrogens with zero attached hydrogens (tertiary/aromatic N) is 1. The predicted octanol–water partition coefficient (Wildman–Crippen LogP) is 2.87. The van der Waals surface area contributed by atoms with Gasteiger partial charge in [-0.25, -0.2) is 4.79 Å². The van der Waals surface area contributed by atoms with Crippen LogP contribution in [0, 0.1) is 0 Å². The highest BCUT2D eigenvalue weighted by Gasteiger charge is 2.40. The molecular weight excluding hydrogens is 299 g/mol. The van der Waals surface area contributed by atoms with Gasteiger partial charge in [0, 0.05) is 6.54 Å². The van der Waals surface area contributed by atoms with Crippen molar-refractivity contribution in [2.24, 2.45) is 0 Å². The summed E-state index contributed by atoms with van der Waals surface area (Å²) in [6, 6.07) is 3.78. The number of carbonyl (C=O) groups excluding carboxylic acids is 2. The quantitative estimate of drug-likeness (QED) is 0.806. The monoisotopic (exact) mass is 315 g/mol. The Labute approximate surface area is 125 Å². The minimum atomic E-state index is -4.62. The van der Waals surface area contributed by atoms with Crippen LogP contribution >= 0.6 is 0 Å². The Morgan fingerprint density at radius 2 is 2.00 bits per heavy atom. The number of alkyl halides is 3. The van der Waals surface area contributed by atoms with Crippen molar-refractivity contribution in [1.29, 1.82) is 0 Å². The number of likely N-dealkylation sites (tertiary alicyclic amines) is 1. The summed E-state index contributed by atoms with van der Waals surface area (Å²) in [6.07, 6.45) is -3.66. The summed E-state index contributed by atoms with van der Waals surface area (Å²) >= 11 is 0. The van der Waals surface area contributed by atoms with Crippen LogP contribution in [-0.2, 0) is 15.7 Å². The van der Waals surface area contributed by atoms with Crippen molar-refractivity contribution in [3.05, 3.63) is 35.4 Å². The number of esters is 1. The third-order valence-corrected chi connectivity index (χ3v) is 3.54. The van der Waals surface area contributed by atoms with Crippen LogP contribution in [0.5, 0.6) is 0 Å². The van der Waals surface area contributed by atoms with E-state index in [-0.39, 0.29) is 13.2 Å². The Morgan fingerprint density at radius 1 is 1.32 bits per heavy atom.